The number of nitrogens with one attached hydrogen (secondary N) is 1. The van der Waals surface area contributed by atoms with E-state index in [1.54, 1.807) is 19.1 Å². The predicted octanol–water partition coefficient (Wildman–Crippen LogP) is 3.28. The molecule has 0 heterocycles. The number of aryl methyl sites for hydroxylation is 2. The summed E-state index contributed by atoms with van der Waals surface area (Å²) in [4.78, 5) is 27.5. The van der Waals surface area contributed by atoms with Crippen molar-refractivity contribution in [3.8, 4) is 0 Å². The minimum atomic E-state index is -3.79. The fourth-order valence-electron chi connectivity index (χ4n) is 3.41. The Hall–Kier alpha value is -2.58. The molecule has 2 aromatic rings. The molecular formula is C23H30ClN3O4S. The number of sulfonamides is 1. The van der Waals surface area contributed by atoms with Crippen LogP contribution in [0.2, 0.25) is 5.02 Å². The van der Waals surface area contributed by atoms with Gasteiger partial charge in [-0.2, -0.15) is 0 Å². The normalized spacial score (nSPS) is 12.2. The van der Waals surface area contributed by atoms with Crippen LogP contribution in [0, 0.1) is 13.8 Å². The van der Waals surface area contributed by atoms with E-state index >= 15 is 0 Å². The number of halogens is 1. The van der Waals surface area contributed by atoms with E-state index in [9.17, 15) is 18.0 Å². The Balaban J connectivity index is 2.46. The van der Waals surface area contributed by atoms with Crippen molar-refractivity contribution in [2.45, 2.75) is 39.8 Å². The summed E-state index contributed by atoms with van der Waals surface area (Å²) in [7, 11) is -2.28. The third kappa shape index (κ3) is 6.23. The SMILES string of the molecule is CCC(C(=O)NC)N(Cc1ccccc1C)C(=O)CN(c1ccc(C)c(Cl)c1)S(C)(=O)=O. The third-order valence-corrected chi connectivity index (χ3v) is 6.90. The van der Waals surface area contributed by atoms with Crippen molar-refractivity contribution >= 4 is 39.1 Å². The van der Waals surface area contributed by atoms with Crippen LogP contribution in [0.3, 0.4) is 0 Å². The van der Waals surface area contributed by atoms with E-state index in [1.807, 2.05) is 38.1 Å². The van der Waals surface area contributed by atoms with E-state index in [1.165, 1.54) is 18.0 Å². The van der Waals surface area contributed by atoms with Crippen LogP contribution >= 0.6 is 11.6 Å². The van der Waals surface area contributed by atoms with Crippen molar-refractivity contribution < 1.29 is 18.0 Å². The van der Waals surface area contributed by atoms with Gasteiger partial charge >= 0.3 is 0 Å². The highest BCUT2D eigenvalue weighted by molar-refractivity contribution is 7.92. The van der Waals surface area contributed by atoms with Crippen molar-refractivity contribution in [3.63, 3.8) is 0 Å². The lowest BCUT2D eigenvalue weighted by molar-refractivity contribution is -0.140. The van der Waals surface area contributed by atoms with Gasteiger partial charge in [0.25, 0.3) is 0 Å². The molecule has 0 aliphatic carbocycles. The summed E-state index contributed by atoms with van der Waals surface area (Å²) in [6.07, 6.45) is 1.42. The number of hydrogen-bond acceptors (Lipinski definition) is 4. The standard InChI is InChI=1S/C23H30ClN3O4S/c1-6-21(23(29)25-4)26(14-18-10-8-7-9-16(18)2)22(28)15-27(32(5,30)31)19-12-11-17(3)20(24)13-19/h7-13,21H,6,14-15H2,1-5H3,(H,25,29). The molecule has 0 aliphatic rings. The Labute approximate surface area is 195 Å². The Morgan fingerprint density at radius 1 is 1.09 bits per heavy atom. The van der Waals surface area contributed by atoms with Gasteiger partial charge in [-0.15, -0.1) is 0 Å². The van der Waals surface area contributed by atoms with Gasteiger partial charge in [-0.1, -0.05) is 48.9 Å². The molecule has 2 aromatic carbocycles. The molecule has 0 aromatic heterocycles. The van der Waals surface area contributed by atoms with Gasteiger partial charge in [0.15, 0.2) is 0 Å². The van der Waals surface area contributed by atoms with Crippen molar-refractivity contribution in [2.75, 3.05) is 24.2 Å². The second-order valence-corrected chi connectivity index (χ2v) is 10.0. The molecule has 0 saturated carbocycles. The lowest BCUT2D eigenvalue weighted by Gasteiger charge is -2.33. The number of likely N-dealkylation sites (N-methyl/N-ethyl adjacent to an activating group) is 1. The van der Waals surface area contributed by atoms with Crippen molar-refractivity contribution in [1.82, 2.24) is 10.2 Å². The highest BCUT2D eigenvalue weighted by Gasteiger charge is 2.31. The first-order chi connectivity index (χ1) is 15.0. The van der Waals surface area contributed by atoms with Gasteiger partial charge in [0.2, 0.25) is 21.8 Å². The smallest absolute Gasteiger partial charge is 0.244 e. The maximum Gasteiger partial charge on any atom is 0.244 e. The first-order valence-corrected chi connectivity index (χ1v) is 12.5. The van der Waals surface area contributed by atoms with Gasteiger partial charge in [-0.25, -0.2) is 8.42 Å². The van der Waals surface area contributed by atoms with E-state index < -0.39 is 28.5 Å². The molecule has 0 fully saturated rings. The predicted molar refractivity (Wildman–Crippen MR) is 128 cm³/mol. The van der Waals surface area contributed by atoms with Gasteiger partial charge in [0, 0.05) is 18.6 Å². The van der Waals surface area contributed by atoms with E-state index in [0.717, 1.165) is 27.3 Å². The molecule has 0 spiro atoms. The van der Waals surface area contributed by atoms with Crippen molar-refractivity contribution in [3.05, 3.63) is 64.2 Å². The molecule has 9 heteroatoms. The number of amides is 2. The van der Waals surface area contributed by atoms with E-state index in [0.29, 0.717) is 17.1 Å². The quantitative estimate of drug-likeness (QED) is 0.598. The topological polar surface area (TPSA) is 86.8 Å². The Bertz CT molecular complexity index is 1090. The number of anilines is 1. The van der Waals surface area contributed by atoms with Crippen LogP contribution < -0.4 is 9.62 Å². The van der Waals surface area contributed by atoms with E-state index in [2.05, 4.69) is 5.32 Å². The zero-order valence-electron chi connectivity index (χ0n) is 19.1. The highest BCUT2D eigenvalue weighted by Crippen LogP contribution is 2.25. The zero-order chi connectivity index (χ0) is 24.1. The minimum absolute atomic E-state index is 0.184. The zero-order valence-corrected chi connectivity index (χ0v) is 20.6. The minimum Gasteiger partial charge on any atom is -0.357 e. The summed E-state index contributed by atoms with van der Waals surface area (Å²) in [5.74, 6) is -0.787. The van der Waals surface area contributed by atoms with Gasteiger partial charge in [-0.3, -0.25) is 13.9 Å². The molecule has 2 amide bonds. The van der Waals surface area contributed by atoms with E-state index in [-0.39, 0.29) is 12.5 Å². The number of hydrogen-bond donors (Lipinski definition) is 1. The van der Waals surface area contributed by atoms with Crippen molar-refractivity contribution in [1.29, 1.82) is 0 Å². The summed E-state index contributed by atoms with van der Waals surface area (Å²) < 4.78 is 26.1. The van der Waals surface area contributed by atoms with Crippen molar-refractivity contribution in [2.24, 2.45) is 0 Å². The van der Waals surface area contributed by atoms with Crippen LogP contribution in [0.25, 0.3) is 0 Å². The number of rotatable bonds is 9. The second kappa shape index (κ2) is 10.8. The fourth-order valence-corrected chi connectivity index (χ4v) is 4.42. The van der Waals surface area contributed by atoms with Gasteiger partial charge < -0.3 is 10.2 Å². The average molecular weight is 480 g/mol. The molecule has 7 nitrogen and oxygen atoms in total. The highest BCUT2D eigenvalue weighted by atomic mass is 35.5. The van der Waals surface area contributed by atoms with Gasteiger partial charge in [0.05, 0.1) is 11.9 Å². The molecule has 0 bridgehead atoms. The average Bonchev–Trinajstić information content (AvgIpc) is 2.74. The Morgan fingerprint density at radius 3 is 2.28 bits per heavy atom. The first kappa shape index (κ1) is 25.7. The molecule has 2 rings (SSSR count). The largest absolute Gasteiger partial charge is 0.357 e. The summed E-state index contributed by atoms with van der Waals surface area (Å²) in [5, 5.41) is 3.00. The molecular weight excluding hydrogens is 450 g/mol. The summed E-state index contributed by atoms with van der Waals surface area (Å²) in [5.41, 5.74) is 2.94. The third-order valence-electron chi connectivity index (χ3n) is 5.36. The Morgan fingerprint density at radius 2 is 1.75 bits per heavy atom. The summed E-state index contributed by atoms with van der Waals surface area (Å²) in [6.45, 7) is 5.28. The molecule has 1 N–H and O–H groups in total. The molecule has 32 heavy (non-hydrogen) atoms. The maximum atomic E-state index is 13.5. The number of carbonyl (C=O) groups excluding carboxylic acids is 2. The van der Waals surface area contributed by atoms with Crippen LogP contribution in [-0.4, -0.2) is 51.0 Å². The number of nitrogens with zero attached hydrogens (tertiary/aromatic N) is 2. The molecule has 1 atom stereocenters. The molecule has 0 aliphatic heterocycles. The van der Waals surface area contributed by atoms with Gasteiger partial charge in [-0.05, 0) is 49.1 Å². The first-order valence-electron chi connectivity index (χ1n) is 10.3. The summed E-state index contributed by atoms with van der Waals surface area (Å²) >= 11 is 6.20. The van der Waals surface area contributed by atoms with E-state index in [4.69, 9.17) is 11.6 Å². The van der Waals surface area contributed by atoms with Crippen LogP contribution in [0.5, 0.6) is 0 Å². The molecule has 174 valence electrons. The lowest BCUT2D eigenvalue weighted by Crippen LogP contribution is -2.51. The second-order valence-electron chi connectivity index (χ2n) is 7.69. The maximum absolute atomic E-state index is 13.5. The van der Waals surface area contributed by atoms with Gasteiger partial charge in [0.1, 0.15) is 12.6 Å². The van der Waals surface area contributed by atoms with Crippen LogP contribution in [0.4, 0.5) is 5.69 Å². The van der Waals surface area contributed by atoms with Crippen LogP contribution in [0.1, 0.15) is 30.0 Å². The monoisotopic (exact) mass is 479 g/mol. The molecule has 1 unspecified atom stereocenters. The van der Waals surface area contributed by atoms with Crippen LogP contribution in [-0.2, 0) is 26.2 Å². The lowest BCUT2D eigenvalue weighted by atomic mass is 10.1. The molecule has 0 radical (unpaired) electrons. The Kier molecular flexibility index (Phi) is 8.69. The summed E-state index contributed by atoms with van der Waals surface area (Å²) in [6, 6.07) is 11.7. The number of benzene rings is 2. The fraction of sp³-hybridized carbons (Fsp3) is 0.391. The van der Waals surface area contributed by atoms with Crippen LogP contribution in [0.15, 0.2) is 42.5 Å². The number of carbonyl (C=O) groups is 2. The molecule has 0 saturated heterocycles.